The quantitative estimate of drug-likeness (QED) is 0.360. The normalized spacial score (nSPS) is 15.2. The summed E-state index contributed by atoms with van der Waals surface area (Å²) in [5.41, 5.74) is 2.96. The molecule has 4 rings (SSSR count). The molecule has 0 bridgehead atoms. The summed E-state index contributed by atoms with van der Waals surface area (Å²) in [6.45, 7) is 3.89. The van der Waals surface area contributed by atoms with Gasteiger partial charge in [-0.3, -0.25) is 4.98 Å². The number of thioether (sulfide) groups is 1. The summed E-state index contributed by atoms with van der Waals surface area (Å²) in [6.07, 6.45) is 3.56. The predicted octanol–water partition coefficient (Wildman–Crippen LogP) is 4.59. The highest BCUT2D eigenvalue weighted by Crippen LogP contribution is 2.43. The molecular formula is C22H22BrN5O3S. The molecule has 0 aliphatic carbocycles. The van der Waals surface area contributed by atoms with Gasteiger partial charge in [-0.2, -0.15) is 4.98 Å². The molecule has 166 valence electrons. The third-order valence-corrected chi connectivity index (χ3v) is 6.53. The van der Waals surface area contributed by atoms with E-state index in [4.69, 9.17) is 14.6 Å². The summed E-state index contributed by atoms with van der Waals surface area (Å²) in [4.78, 5) is 21.8. The highest BCUT2D eigenvalue weighted by molar-refractivity contribution is 9.10. The summed E-state index contributed by atoms with van der Waals surface area (Å²) in [6, 6.07) is 8.98. The molecule has 3 heterocycles. The number of fused-ring (bicyclic) bond motifs is 1. The Hall–Kier alpha value is -2.85. The molecule has 32 heavy (non-hydrogen) atoms. The van der Waals surface area contributed by atoms with Crippen LogP contribution >= 0.6 is 27.7 Å². The van der Waals surface area contributed by atoms with Gasteiger partial charge in [0.1, 0.15) is 11.8 Å². The monoisotopic (exact) mass is 515 g/mol. The van der Waals surface area contributed by atoms with Gasteiger partial charge in [0.25, 0.3) is 0 Å². The molecule has 1 unspecified atom stereocenters. The van der Waals surface area contributed by atoms with Crippen LogP contribution in [-0.4, -0.2) is 39.4 Å². The number of carbonyl (C=O) groups excluding carboxylic acids is 1. The molecule has 0 spiro atoms. The van der Waals surface area contributed by atoms with Crippen molar-refractivity contribution in [1.82, 2.24) is 19.7 Å². The number of hydrogen-bond acceptors (Lipinski definition) is 8. The van der Waals surface area contributed by atoms with Crippen LogP contribution in [0.25, 0.3) is 0 Å². The van der Waals surface area contributed by atoms with Crippen molar-refractivity contribution in [3.8, 4) is 5.75 Å². The van der Waals surface area contributed by atoms with Crippen molar-refractivity contribution in [3.05, 3.63) is 69.6 Å². The van der Waals surface area contributed by atoms with Crippen LogP contribution in [0.5, 0.6) is 5.75 Å². The van der Waals surface area contributed by atoms with E-state index in [1.165, 1.54) is 11.8 Å². The van der Waals surface area contributed by atoms with Crippen molar-refractivity contribution >= 4 is 39.6 Å². The Bertz CT molecular complexity index is 1170. The molecule has 0 radical (unpaired) electrons. The number of halogens is 1. The second-order valence-corrected chi connectivity index (χ2v) is 8.75. The summed E-state index contributed by atoms with van der Waals surface area (Å²) in [5, 5.41) is 8.53. The Kier molecular flexibility index (Phi) is 6.80. The topological polar surface area (TPSA) is 91.2 Å². The van der Waals surface area contributed by atoms with E-state index in [9.17, 15) is 4.79 Å². The van der Waals surface area contributed by atoms with Crippen molar-refractivity contribution in [3.63, 3.8) is 0 Å². The maximum Gasteiger partial charge on any atom is 0.338 e. The second kappa shape index (κ2) is 9.74. The lowest BCUT2D eigenvalue weighted by molar-refractivity contribution is -0.139. The molecule has 0 amide bonds. The zero-order valence-electron chi connectivity index (χ0n) is 17.8. The van der Waals surface area contributed by atoms with Crippen LogP contribution < -0.4 is 10.1 Å². The average Bonchev–Trinajstić information content (AvgIpc) is 3.20. The number of anilines is 1. The largest absolute Gasteiger partial charge is 0.496 e. The van der Waals surface area contributed by atoms with Gasteiger partial charge in [-0.25, -0.2) is 9.48 Å². The number of allylic oxidation sites excluding steroid dienone is 1. The van der Waals surface area contributed by atoms with Gasteiger partial charge in [-0.1, -0.05) is 39.8 Å². The fourth-order valence-corrected chi connectivity index (χ4v) is 4.85. The van der Waals surface area contributed by atoms with Crippen molar-refractivity contribution in [2.45, 2.75) is 30.8 Å². The predicted molar refractivity (Wildman–Crippen MR) is 126 cm³/mol. The lowest BCUT2D eigenvalue weighted by atomic mass is 9.95. The second-order valence-electron chi connectivity index (χ2n) is 6.95. The third-order valence-electron chi connectivity index (χ3n) is 4.93. The Morgan fingerprint density at radius 3 is 2.88 bits per heavy atom. The van der Waals surface area contributed by atoms with Gasteiger partial charge in [-0.05, 0) is 37.6 Å². The number of nitrogens with one attached hydrogen (secondary N) is 1. The first-order valence-corrected chi connectivity index (χ1v) is 11.8. The molecule has 2 aromatic heterocycles. The zero-order chi connectivity index (χ0) is 22.7. The molecular weight excluding hydrogens is 494 g/mol. The minimum Gasteiger partial charge on any atom is -0.496 e. The van der Waals surface area contributed by atoms with Crippen molar-refractivity contribution in [2.24, 2.45) is 0 Å². The first-order valence-electron chi connectivity index (χ1n) is 9.99. The minimum absolute atomic E-state index is 0.270. The summed E-state index contributed by atoms with van der Waals surface area (Å²) >= 11 is 5.13. The van der Waals surface area contributed by atoms with Gasteiger partial charge in [0.05, 0.1) is 19.3 Å². The van der Waals surface area contributed by atoms with E-state index in [0.29, 0.717) is 33.9 Å². The van der Waals surface area contributed by atoms with Crippen LogP contribution in [0.4, 0.5) is 5.95 Å². The number of rotatable bonds is 7. The van der Waals surface area contributed by atoms with Crippen LogP contribution in [0, 0.1) is 0 Å². The zero-order valence-corrected chi connectivity index (χ0v) is 20.2. The fourth-order valence-electron chi connectivity index (χ4n) is 3.52. The molecule has 1 atom stereocenters. The molecule has 0 saturated carbocycles. The van der Waals surface area contributed by atoms with Gasteiger partial charge < -0.3 is 14.8 Å². The maximum absolute atomic E-state index is 13.0. The van der Waals surface area contributed by atoms with Crippen LogP contribution in [0.15, 0.2) is 63.6 Å². The number of pyridine rings is 1. The van der Waals surface area contributed by atoms with E-state index in [2.05, 4.69) is 31.2 Å². The molecule has 1 aliphatic rings. The number of aromatic nitrogens is 4. The fraction of sp³-hybridized carbons (Fsp3) is 0.273. The van der Waals surface area contributed by atoms with Gasteiger partial charge in [-0.15, -0.1) is 5.10 Å². The number of esters is 1. The molecule has 3 aromatic rings. The molecule has 1 aromatic carbocycles. The lowest BCUT2D eigenvalue weighted by Crippen LogP contribution is -2.30. The van der Waals surface area contributed by atoms with Gasteiger partial charge in [0.2, 0.25) is 11.1 Å². The van der Waals surface area contributed by atoms with Crippen LogP contribution in [-0.2, 0) is 15.3 Å². The number of nitrogens with zero attached hydrogens (tertiary/aromatic N) is 4. The molecule has 10 heteroatoms. The van der Waals surface area contributed by atoms with E-state index < -0.39 is 12.0 Å². The van der Waals surface area contributed by atoms with Crippen molar-refractivity contribution in [1.29, 1.82) is 0 Å². The SMILES string of the molecule is CCOC(=O)C1=C(C)Nc2nc(SCc3cccnc3)nn2C1c1c(Br)cccc1OC. The average molecular weight is 516 g/mol. The van der Waals surface area contributed by atoms with Crippen LogP contribution in [0.1, 0.15) is 31.0 Å². The van der Waals surface area contributed by atoms with Crippen LogP contribution in [0.3, 0.4) is 0 Å². The highest BCUT2D eigenvalue weighted by Gasteiger charge is 2.37. The highest BCUT2D eigenvalue weighted by atomic mass is 79.9. The van der Waals surface area contributed by atoms with Crippen molar-refractivity contribution in [2.75, 3.05) is 19.0 Å². The Morgan fingerprint density at radius 2 is 2.16 bits per heavy atom. The first kappa shape index (κ1) is 22.3. The minimum atomic E-state index is -0.573. The Morgan fingerprint density at radius 1 is 1.31 bits per heavy atom. The number of ether oxygens (including phenoxy) is 2. The molecule has 0 fully saturated rings. The smallest absolute Gasteiger partial charge is 0.338 e. The van der Waals surface area contributed by atoms with E-state index >= 15 is 0 Å². The maximum atomic E-state index is 13.0. The molecule has 8 nitrogen and oxygen atoms in total. The summed E-state index contributed by atoms with van der Waals surface area (Å²) in [7, 11) is 1.60. The standard InChI is InChI=1S/C22H22BrN5O3S/c1-4-31-20(29)17-13(2)25-21-26-22(32-12-14-7-6-10-24-11-14)27-28(21)19(17)18-15(23)8-5-9-16(18)30-3/h5-11,19H,4,12H2,1-3H3,(H,25,26,27). The van der Waals surface area contributed by atoms with E-state index in [-0.39, 0.29) is 6.61 Å². The summed E-state index contributed by atoms with van der Waals surface area (Å²) in [5.74, 6) is 1.45. The number of benzene rings is 1. The Balaban J connectivity index is 1.78. The Labute approximate surface area is 198 Å². The van der Waals surface area contributed by atoms with E-state index in [0.717, 1.165) is 15.6 Å². The number of carbonyl (C=O) groups is 1. The third kappa shape index (κ3) is 4.37. The molecule has 1 N–H and O–H groups in total. The molecule has 0 saturated heterocycles. The molecule has 1 aliphatic heterocycles. The lowest BCUT2D eigenvalue weighted by Gasteiger charge is -2.29. The van der Waals surface area contributed by atoms with Crippen LogP contribution in [0.2, 0.25) is 0 Å². The number of methoxy groups -OCH3 is 1. The first-order chi connectivity index (χ1) is 15.5. The van der Waals surface area contributed by atoms with E-state index in [1.54, 1.807) is 24.9 Å². The van der Waals surface area contributed by atoms with Gasteiger partial charge in [0.15, 0.2) is 0 Å². The van der Waals surface area contributed by atoms with Crippen molar-refractivity contribution < 1.29 is 14.3 Å². The van der Waals surface area contributed by atoms with Gasteiger partial charge >= 0.3 is 5.97 Å². The number of hydrogen-bond donors (Lipinski definition) is 1. The summed E-state index contributed by atoms with van der Waals surface area (Å²) < 4.78 is 13.5. The van der Waals surface area contributed by atoms with E-state index in [1.807, 2.05) is 43.5 Å². The van der Waals surface area contributed by atoms with Gasteiger partial charge in [0, 0.05) is 33.9 Å².